The number of allylic oxidation sites excluding steroid dienone is 1. The second kappa shape index (κ2) is 8.78. The molecule has 7 heteroatoms. The van der Waals surface area contributed by atoms with Crippen LogP contribution in [0.3, 0.4) is 0 Å². The van der Waals surface area contributed by atoms with Crippen molar-refractivity contribution in [1.82, 2.24) is 5.32 Å². The van der Waals surface area contributed by atoms with Crippen molar-refractivity contribution in [1.29, 1.82) is 0 Å². The van der Waals surface area contributed by atoms with Gasteiger partial charge in [0.2, 0.25) is 0 Å². The molecule has 2 amide bonds. The largest absolute Gasteiger partial charge is 0.360 e. The molecule has 2 aromatic rings. The van der Waals surface area contributed by atoms with Crippen LogP contribution in [0.5, 0.6) is 0 Å². The highest BCUT2D eigenvalue weighted by Gasteiger charge is 2.36. The number of rotatable bonds is 3. The summed E-state index contributed by atoms with van der Waals surface area (Å²) in [6.45, 7) is 12.9. The Morgan fingerprint density at radius 3 is 2.35 bits per heavy atom. The highest BCUT2D eigenvalue weighted by Crippen LogP contribution is 2.42. The Balaban J connectivity index is 1.80. The topological polar surface area (TPSA) is 52.7 Å². The van der Waals surface area contributed by atoms with E-state index < -0.39 is 11.8 Å². The summed E-state index contributed by atoms with van der Waals surface area (Å²) in [6.07, 6.45) is 3.95. The zero-order valence-electron chi connectivity index (χ0n) is 20.2. The minimum Gasteiger partial charge on any atom is -0.360 e. The first-order valence-electron chi connectivity index (χ1n) is 11.2. The van der Waals surface area contributed by atoms with Crippen molar-refractivity contribution in [2.75, 3.05) is 9.80 Å². The molecule has 176 valence electrons. The maximum Gasteiger partial charge on any atom is 0.270 e. The molecule has 34 heavy (non-hydrogen) atoms. The molecule has 0 atom stereocenters. The standard InChI is InChI=1S/C27H28BrN3O2S/c1-15(2)31-23-11-16(3)18(12-21(23)17(4)14-27(31,5)6)13-22-24(32)29-26(34)30(25(22)33)20-9-7-19(28)8-10-20/h7-15H,1-6H3,(H,29,32,34)/b22-13+. The zero-order valence-corrected chi connectivity index (χ0v) is 22.6. The van der Waals surface area contributed by atoms with Crippen LogP contribution in [0.4, 0.5) is 11.4 Å². The van der Waals surface area contributed by atoms with Crippen molar-refractivity contribution >= 4 is 68.1 Å². The number of hydrogen-bond donors (Lipinski definition) is 1. The van der Waals surface area contributed by atoms with Gasteiger partial charge in [0.25, 0.3) is 11.8 Å². The van der Waals surface area contributed by atoms with Gasteiger partial charge in [-0.3, -0.25) is 19.8 Å². The fourth-order valence-electron chi connectivity index (χ4n) is 4.95. The maximum atomic E-state index is 13.4. The van der Waals surface area contributed by atoms with E-state index in [0.29, 0.717) is 11.7 Å². The van der Waals surface area contributed by atoms with E-state index in [9.17, 15) is 9.59 Å². The lowest BCUT2D eigenvalue weighted by Gasteiger charge is -2.46. The van der Waals surface area contributed by atoms with Crippen molar-refractivity contribution in [3.63, 3.8) is 0 Å². The van der Waals surface area contributed by atoms with E-state index in [4.69, 9.17) is 12.2 Å². The van der Waals surface area contributed by atoms with Crippen LogP contribution in [0.25, 0.3) is 11.6 Å². The first kappa shape index (κ1) is 24.4. The normalized spacial score (nSPS) is 18.9. The van der Waals surface area contributed by atoms with Gasteiger partial charge in [0.1, 0.15) is 5.57 Å². The predicted molar refractivity (Wildman–Crippen MR) is 147 cm³/mol. The van der Waals surface area contributed by atoms with Crippen molar-refractivity contribution in [3.05, 3.63) is 69.2 Å². The molecule has 0 aromatic heterocycles. The Hall–Kier alpha value is -2.77. The van der Waals surface area contributed by atoms with Gasteiger partial charge < -0.3 is 4.90 Å². The van der Waals surface area contributed by atoms with Gasteiger partial charge in [-0.15, -0.1) is 0 Å². The minimum absolute atomic E-state index is 0.0538. The van der Waals surface area contributed by atoms with Crippen LogP contribution in [0.2, 0.25) is 0 Å². The summed E-state index contributed by atoms with van der Waals surface area (Å²) < 4.78 is 0.887. The number of carbonyl (C=O) groups excluding carboxylic acids is 2. The van der Waals surface area contributed by atoms with Gasteiger partial charge in [0, 0.05) is 21.8 Å². The fraction of sp³-hybridized carbons (Fsp3) is 0.296. The van der Waals surface area contributed by atoms with Crippen molar-refractivity contribution in [2.24, 2.45) is 0 Å². The summed E-state index contributed by atoms with van der Waals surface area (Å²) in [5, 5.41) is 2.74. The minimum atomic E-state index is -0.488. The van der Waals surface area contributed by atoms with E-state index in [1.54, 1.807) is 18.2 Å². The van der Waals surface area contributed by atoms with E-state index in [1.807, 2.05) is 19.1 Å². The monoisotopic (exact) mass is 537 g/mol. The smallest absolute Gasteiger partial charge is 0.270 e. The number of amides is 2. The second-order valence-corrected chi connectivity index (χ2v) is 10.9. The maximum absolute atomic E-state index is 13.4. The Kier molecular flexibility index (Phi) is 6.29. The Morgan fingerprint density at radius 1 is 1.09 bits per heavy atom. The van der Waals surface area contributed by atoms with Crippen LogP contribution in [-0.2, 0) is 9.59 Å². The summed E-state index contributed by atoms with van der Waals surface area (Å²) in [4.78, 5) is 30.0. The summed E-state index contributed by atoms with van der Waals surface area (Å²) in [5.74, 6) is -0.928. The van der Waals surface area contributed by atoms with Gasteiger partial charge in [-0.2, -0.15) is 0 Å². The van der Waals surface area contributed by atoms with Gasteiger partial charge in [-0.1, -0.05) is 22.0 Å². The molecule has 1 N–H and O–H groups in total. The number of anilines is 2. The molecular formula is C27H28BrN3O2S. The third-order valence-electron chi connectivity index (χ3n) is 6.26. The average molecular weight is 539 g/mol. The molecular weight excluding hydrogens is 510 g/mol. The van der Waals surface area contributed by atoms with Gasteiger partial charge in [0.15, 0.2) is 5.11 Å². The van der Waals surface area contributed by atoms with Crippen molar-refractivity contribution in [2.45, 2.75) is 53.1 Å². The van der Waals surface area contributed by atoms with E-state index >= 15 is 0 Å². The lowest BCUT2D eigenvalue weighted by Crippen LogP contribution is -2.54. The number of fused-ring (bicyclic) bond motifs is 1. The van der Waals surface area contributed by atoms with Crippen LogP contribution in [0, 0.1) is 6.92 Å². The highest BCUT2D eigenvalue weighted by molar-refractivity contribution is 9.10. The lowest BCUT2D eigenvalue weighted by atomic mass is 9.85. The number of hydrogen-bond acceptors (Lipinski definition) is 4. The van der Waals surface area contributed by atoms with Crippen LogP contribution >= 0.6 is 28.1 Å². The number of thiocarbonyl (C=S) groups is 1. The molecule has 2 aliphatic rings. The number of nitrogens with zero attached hydrogens (tertiary/aromatic N) is 2. The summed E-state index contributed by atoms with van der Waals surface area (Å²) in [5.41, 5.74) is 5.80. The van der Waals surface area contributed by atoms with E-state index in [0.717, 1.165) is 26.9 Å². The number of aryl methyl sites for hydroxylation is 1. The third kappa shape index (κ3) is 4.23. The molecule has 2 heterocycles. The van der Waals surface area contributed by atoms with Gasteiger partial charge >= 0.3 is 0 Å². The van der Waals surface area contributed by atoms with Crippen molar-refractivity contribution in [3.8, 4) is 0 Å². The van der Waals surface area contributed by atoms with Gasteiger partial charge in [0.05, 0.1) is 11.2 Å². The molecule has 1 fully saturated rings. The Bertz CT molecular complexity index is 1280. The van der Waals surface area contributed by atoms with Crippen LogP contribution in [-0.4, -0.2) is 28.5 Å². The molecule has 0 saturated carbocycles. The molecule has 2 aliphatic heterocycles. The van der Waals surface area contributed by atoms with E-state index in [1.165, 1.54) is 10.5 Å². The molecule has 5 nitrogen and oxygen atoms in total. The van der Waals surface area contributed by atoms with Gasteiger partial charge in [-0.25, -0.2) is 0 Å². The number of nitrogens with one attached hydrogen (secondary N) is 1. The summed E-state index contributed by atoms with van der Waals surface area (Å²) in [7, 11) is 0. The number of carbonyl (C=O) groups is 2. The fourth-order valence-corrected chi connectivity index (χ4v) is 5.49. The predicted octanol–water partition coefficient (Wildman–Crippen LogP) is 6.00. The van der Waals surface area contributed by atoms with Crippen molar-refractivity contribution < 1.29 is 9.59 Å². The Labute approximate surface area is 214 Å². The van der Waals surface area contributed by atoms with E-state index in [-0.39, 0.29) is 16.2 Å². The molecule has 1 saturated heterocycles. The quantitative estimate of drug-likeness (QED) is 0.296. The summed E-state index contributed by atoms with van der Waals surface area (Å²) in [6, 6.07) is 11.8. The average Bonchev–Trinajstić information content (AvgIpc) is 2.72. The number of benzene rings is 2. The SMILES string of the molecule is CC1=CC(C)(C)N(C(C)C)c2cc(C)c(/C=C3\C(=O)NC(=S)N(c4ccc(Br)cc4)C3=O)cc21. The molecule has 0 radical (unpaired) electrons. The van der Waals surface area contributed by atoms with Gasteiger partial charge in [-0.05, 0) is 113 Å². The Morgan fingerprint density at radius 2 is 1.74 bits per heavy atom. The lowest BCUT2D eigenvalue weighted by molar-refractivity contribution is -0.122. The van der Waals surface area contributed by atoms with Crippen LogP contribution in [0.1, 0.15) is 51.3 Å². The highest BCUT2D eigenvalue weighted by atomic mass is 79.9. The molecule has 0 spiro atoms. The zero-order chi connectivity index (χ0) is 24.9. The third-order valence-corrected chi connectivity index (χ3v) is 7.08. The molecule has 2 aromatic carbocycles. The molecule has 4 rings (SSSR count). The van der Waals surface area contributed by atoms with Crippen LogP contribution < -0.4 is 15.1 Å². The van der Waals surface area contributed by atoms with E-state index in [2.05, 4.69) is 79.0 Å². The first-order chi connectivity index (χ1) is 15.9. The molecule has 0 unspecified atom stereocenters. The second-order valence-electron chi connectivity index (χ2n) is 9.60. The number of halogens is 1. The van der Waals surface area contributed by atoms with Crippen LogP contribution in [0.15, 0.2) is 52.5 Å². The molecule has 0 bridgehead atoms. The first-order valence-corrected chi connectivity index (χ1v) is 12.4. The molecule has 0 aliphatic carbocycles. The summed E-state index contributed by atoms with van der Waals surface area (Å²) >= 11 is 8.72.